The summed E-state index contributed by atoms with van der Waals surface area (Å²) in [6, 6.07) is 18.0. The molecule has 1 aliphatic heterocycles. The molecule has 0 fully saturated rings. The first-order valence-corrected chi connectivity index (χ1v) is 12.8. The normalized spacial score (nSPS) is 16.4. The quantitative estimate of drug-likeness (QED) is 0.323. The molecule has 1 N–H and O–H groups in total. The number of hydrogen-bond donors (Lipinski definition) is 1. The number of allylic oxidation sites excluding steroid dienone is 2. The van der Waals surface area contributed by atoms with E-state index in [1.54, 1.807) is 44.2 Å². The molecule has 5 rings (SSSR count). The number of ether oxygens (including phenoxy) is 2. The lowest BCUT2D eigenvalue weighted by Gasteiger charge is -2.29. The van der Waals surface area contributed by atoms with Crippen LogP contribution in [0.4, 0.5) is 0 Å². The third-order valence-electron chi connectivity index (χ3n) is 6.39. The highest BCUT2D eigenvalue weighted by molar-refractivity contribution is 6.37. The van der Waals surface area contributed by atoms with E-state index in [0.29, 0.717) is 44.4 Å². The van der Waals surface area contributed by atoms with Gasteiger partial charge in [0.1, 0.15) is 6.61 Å². The number of fused-ring (bicyclic) bond motifs is 2. The molecule has 2 aliphatic rings. The van der Waals surface area contributed by atoms with E-state index in [1.807, 2.05) is 30.3 Å². The van der Waals surface area contributed by atoms with Crippen LogP contribution in [0.3, 0.4) is 0 Å². The first-order chi connectivity index (χ1) is 17.8. The zero-order valence-corrected chi connectivity index (χ0v) is 22.3. The lowest BCUT2D eigenvalue weighted by atomic mass is 9.80. The van der Waals surface area contributed by atoms with Crippen LogP contribution >= 0.6 is 34.8 Å². The van der Waals surface area contributed by atoms with Crippen molar-refractivity contribution < 1.29 is 19.1 Å². The molecule has 0 saturated heterocycles. The van der Waals surface area contributed by atoms with Crippen LogP contribution in [0.1, 0.15) is 46.8 Å². The van der Waals surface area contributed by atoms with Gasteiger partial charge in [0.25, 0.3) is 0 Å². The average Bonchev–Trinajstić information content (AvgIpc) is 3.15. The Hall–Kier alpha value is -3.25. The molecule has 0 radical (unpaired) electrons. The number of rotatable bonds is 6. The monoisotopic (exact) mass is 553 g/mol. The molecule has 1 heterocycles. The summed E-state index contributed by atoms with van der Waals surface area (Å²) >= 11 is 19.3. The summed E-state index contributed by atoms with van der Waals surface area (Å²) in [5.74, 6) is -1.09. The number of nitrogens with one attached hydrogen (secondary N) is 1. The number of halogens is 3. The molecule has 0 aromatic heterocycles. The molecule has 3 aromatic rings. The highest BCUT2D eigenvalue weighted by atomic mass is 35.5. The summed E-state index contributed by atoms with van der Waals surface area (Å²) in [6.07, 6.45) is 0. The van der Waals surface area contributed by atoms with Crippen molar-refractivity contribution in [2.45, 2.75) is 26.4 Å². The fourth-order valence-corrected chi connectivity index (χ4v) is 5.50. The molecule has 188 valence electrons. The average molecular weight is 555 g/mol. The Morgan fingerprint density at radius 1 is 0.973 bits per heavy atom. The van der Waals surface area contributed by atoms with Gasteiger partial charge in [0.15, 0.2) is 11.5 Å². The fourth-order valence-electron chi connectivity index (χ4n) is 4.76. The Kier molecular flexibility index (Phi) is 7.04. The van der Waals surface area contributed by atoms with Crippen LogP contribution in [0.15, 0.2) is 77.5 Å². The molecule has 0 saturated carbocycles. The second-order valence-corrected chi connectivity index (χ2v) is 9.96. The van der Waals surface area contributed by atoms with E-state index in [4.69, 9.17) is 44.3 Å². The van der Waals surface area contributed by atoms with Crippen LogP contribution in [0, 0.1) is 0 Å². The highest BCUT2D eigenvalue weighted by Gasteiger charge is 2.43. The lowest BCUT2D eigenvalue weighted by molar-refractivity contribution is -0.138. The summed E-state index contributed by atoms with van der Waals surface area (Å²) < 4.78 is 11.3. The highest BCUT2D eigenvalue weighted by Crippen LogP contribution is 2.48. The van der Waals surface area contributed by atoms with Crippen LogP contribution in [0.2, 0.25) is 15.1 Å². The Morgan fingerprint density at radius 2 is 1.62 bits per heavy atom. The summed E-state index contributed by atoms with van der Waals surface area (Å²) in [4.78, 5) is 26.7. The molecular formula is C29H22Cl3NO4. The zero-order valence-electron chi connectivity index (χ0n) is 20.0. The van der Waals surface area contributed by atoms with Gasteiger partial charge in [-0.2, -0.15) is 0 Å². The number of esters is 1. The number of dihydropyridines is 1. The first kappa shape index (κ1) is 25.4. The van der Waals surface area contributed by atoms with Gasteiger partial charge in [0, 0.05) is 33.3 Å². The molecule has 0 amide bonds. The number of hydrogen-bond acceptors (Lipinski definition) is 5. The van der Waals surface area contributed by atoms with Crippen molar-refractivity contribution in [3.63, 3.8) is 0 Å². The Morgan fingerprint density at radius 3 is 2.27 bits per heavy atom. The van der Waals surface area contributed by atoms with E-state index in [-0.39, 0.29) is 29.0 Å². The summed E-state index contributed by atoms with van der Waals surface area (Å²) in [7, 11) is 0. The van der Waals surface area contributed by atoms with Crippen molar-refractivity contribution in [3.05, 3.63) is 115 Å². The van der Waals surface area contributed by atoms with Crippen molar-refractivity contribution >= 4 is 52.3 Å². The maximum Gasteiger partial charge on any atom is 0.336 e. The van der Waals surface area contributed by atoms with E-state index in [2.05, 4.69) is 5.32 Å². The predicted octanol–water partition coefficient (Wildman–Crippen LogP) is 7.36. The third-order valence-corrected chi connectivity index (χ3v) is 7.21. The second kappa shape index (κ2) is 10.3. The minimum Gasteiger partial charge on any atom is -0.486 e. The topological polar surface area (TPSA) is 64.6 Å². The van der Waals surface area contributed by atoms with Crippen LogP contribution in [0.25, 0.3) is 5.70 Å². The molecule has 1 aliphatic carbocycles. The van der Waals surface area contributed by atoms with Crippen molar-refractivity contribution in [3.8, 4) is 5.75 Å². The van der Waals surface area contributed by atoms with Gasteiger partial charge in [-0.15, -0.1) is 0 Å². The molecule has 8 heteroatoms. The maximum absolute atomic E-state index is 13.6. The minimum absolute atomic E-state index is 0.160. The molecule has 0 bridgehead atoms. The van der Waals surface area contributed by atoms with Crippen molar-refractivity contribution in [1.29, 1.82) is 0 Å². The first-order valence-electron chi connectivity index (χ1n) is 11.7. The Labute approximate surface area is 229 Å². The van der Waals surface area contributed by atoms with E-state index >= 15 is 0 Å². The molecule has 1 atom stereocenters. The number of benzene rings is 3. The van der Waals surface area contributed by atoms with E-state index < -0.39 is 11.9 Å². The molecule has 37 heavy (non-hydrogen) atoms. The summed E-state index contributed by atoms with van der Waals surface area (Å²) in [5.41, 5.74) is 4.91. The van der Waals surface area contributed by atoms with Crippen LogP contribution in [-0.4, -0.2) is 18.4 Å². The van der Waals surface area contributed by atoms with Crippen LogP contribution < -0.4 is 10.1 Å². The van der Waals surface area contributed by atoms with Crippen molar-refractivity contribution in [2.75, 3.05) is 6.61 Å². The second-order valence-electron chi connectivity index (χ2n) is 8.71. The molecule has 5 nitrogen and oxygen atoms in total. The molecule has 0 unspecified atom stereocenters. The molecule has 0 spiro atoms. The SMILES string of the molecule is CCOC(=O)C1=C(C)NC2=C(C(=O)c3ccccc32)[C@@H]1c1cc(Cl)c(OCc2ccc(Cl)cc2)c(Cl)c1. The predicted molar refractivity (Wildman–Crippen MR) is 145 cm³/mol. The third kappa shape index (κ3) is 4.63. The standard InChI is InChI=1S/C29H22Cl3NO4/c1-3-36-29(35)23-15(2)33-26-19-6-4-5-7-20(19)27(34)25(26)24(23)17-12-21(31)28(22(32)13-17)37-14-16-8-10-18(30)11-9-16/h4-13,24,33H,3,14H2,1-2H3/t24-/m1/s1. The fraction of sp³-hybridized carbons (Fsp3) is 0.172. The molecular weight excluding hydrogens is 533 g/mol. The van der Waals surface area contributed by atoms with E-state index in [0.717, 1.165) is 11.1 Å². The van der Waals surface area contributed by atoms with E-state index in [9.17, 15) is 9.59 Å². The van der Waals surface area contributed by atoms with Gasteiger partial charge < -0.3 is 14.8 Å². The maximum atomic E-state index is 13.6. The van der Waals surface area contributed by atoms with Gasteiger partial charge in [-0.1, -0.05) is 71.2 Å². The van der Waals surface area contributed by atoms with Gasteiger partial charge in [0.2, 0.25) is 0 Å². The number of ketones is 1. The van der Waals surface area contributed by atoms with Crippen molar-refractivity contribution in [2.24, 2.45) is 0 Å². The van der Waals surface area contributed by atoms with Gasteiger partial charge in [0.05, 0.1) is 27.9 Å². The van der Waals surface area contributed by atoms with E-state index in [1.165, 1.54) is 0 Å². The number of carbonyl (C=O) groups excluding carboxylic acids is 2. The van der Waals surface area contributed by atoms with Crippen LogP contribution in [0.5, 0.6) is 5.75 Å². The number of Topliss-reactive ketones (excluding diaryl/α,β-unsaturated/α-hetero) is 1. The zero-order chi connectivity index (χ0) is 26.3. The molecule has 3 aromatic carbocycles. The van der Waals surface area contributed by atoms with Gasteiger partial charge in [-0.05, 0) is 49.2 Å². The Balaban J connectivity index is 1.57. The van der Waals surface area contributed by atoms with Crippen LogP contribution in [-0.2, 0) is 16.1 Å². The summed E-state index contributed by atoms with van der Waals surface area (Å²) in [6.45, 7) is 3.96. The minimum atomic E-state index is -0.726. The Bertz CT molecular complexity index is 1470. The number of carbonyl (C=O) groups is 2. The lowest BCUT2D eigenvalue weighted by Crippen LogP contribution is -2.29. The largest absolute Gasteiger partial charge is 0.486 e. The van der Waals surface area contributed by atoms with Gasteiger partial charge in [-0.25, -0.2) is 4.79 Å². The van der Waals surface area contributed by atoms with Crippen molar-refractivity contribution in [1.82, 2.24) is 5.32 Å². The van der Waals surface area contributed by atoms with Gasteiger partial charge in [-0.3, -0.25) is 4.79 Å². The summed E-state index contributed by atoms with van der Waals surface area (Å²) in [5, 5.41) is 4.43. The van der Waals surface area contributed by atoms with Gasteiger partial charge >= 0.3 is 5.97 Å². The smallest absolute Gasteiger partial charge is 0.336 e.